The largest absolute Gasteiger partial charge is 0.454 e. The Labute approximate surface area is 156 Å². The van der Waals surface area contributed by atoms with Gasteiger partial charge in [-0.05, 0) is 42.0 Å². The fraction of sp³-hybridized carbons (Fsp3) is 0.143. The second kappa shape index (κ2) is 8.91. The Balaban J connectivity index is 1.55. The summed E-state index contributed by atoms with van der Waals surface area (Å²) >= 11 is 0. The number of pyridine rings is 1. The van der Waals surface area contributed by atoms with Crippen molar-refractivity contribution in [2.75, 3.05) is 7.11 Å². The summed E-state index contributed by atoms with van der Waals surface area (Å²) in [5.74, 6) is 0.0631. The van der Waals surface area contributed by atoms with Crippen molar-refractivity contribution in [2.24, 2.45) is 0 Å². The second-order valence-corrected chi connectivity index (χ2v) is 5.83. The Morgan fingerprint density at radius 3 is 2.52 bits per heavy atom. The van der Waals surface area contributed by atoms with E-state index in [9.17, 15) is 9.18 Å². The van der Waals surface area contributed by atoms with Crippen LogP contribution in [-0.2, 0) is 17.9 Å². The number of nitrogens with one attached hydrogen (secondary N) is 1. The molecule has 1 N–H and O–H groups in total. The number of carbonyl (C=O) groups is 1. The van der Waals surface area contributed by atoms with E-state index in [2.05, 4.69) is 10.3 Å². The Morgan fingerprint density at radius 1 is 1.07 bits per heavy atom. The molecule has 1 amide bonds. The van der Waals surface area contributed by atoms with Crippen LogP contribution in [-0.4, -0.2) is 18.0 Å². The molecule has 6 heteroatoms. The number of carbonyl (C=O) groups excluding carboxylic acids is 1. The van der Waals surface area contributed by atoms with Crippen LogP contribution in [0.4, 0.5) is 4.39 Å². The molecule has 0 unspecified atom stereocenters. The van der Waals surface area contributed by atoms with Gasteiger partial charge < -0.3 is 14.8 Å². The maximum atomic E-state index is 13.6. The summed E-state index contributed by atoms with van der Waals surface area (Å²) in [6.45, 7) is 0.766. The molecule has 0 fully saturated rings. The van der Waals surface area contributed by atoms with Gasteiger partial charge in [0.15, 0.2) is 11.6 Å². The summed E-state index contributed by atoms with van der Waals surface area (Å²) in [6.07, 6.45) is 1.52. The van der Waals surface area contributed by atoms with Gasteiger partial charge in [0, 0.05) is 19.9 Å². The molecule has 0 radical (unpaired) electrons. The second-order valence-electron chi connectivity index (χ2n) is 5.83. The summed E-state index contributed by atoms with van der Waals surface area (Å²) in [7, 11) is 1.59. The zero-order chi connectivity index (χ0) is 19.1. The van der Waals surface area contributed by atoms with Crippen molar-refractivity contribution in [3.05, 3.63) is 89.5 Å². The standard InChI is InChI=1S/C21H19FN2O3/c1-26-14-17-9-8-16(13-23-17)21(25)24-12-15-6-10-18(11-7-15)27-20-5-3-2-4-19(20)22/h2-11,13H,12,14H2,1H3,(H,24,25). The van der Waals surface area contributed by atoms with Crippen molar-refractivity contribution in [1.29, 1.82) is 0 Å². The Bertz CT molecular complexity index is 896. The number of hydrogen-bond donors (Lipinski definition) is 1. The SMILES string of the molecule is COCc1ccc(C(=O)NCc2ccc(Oc3ccccc3F)cc2)cn1. The smallest absolute Gasteiger partial charge is 0.253 e. The molecule has 1 aromatic heterocycles. The van der Waals surface area contributed by atoms with E-state index in [4.69, 9.17) is 9.47 Å². The molecule has 0 saturated carbocycles. The summed E-state index contributed by atoms with van der Waals surface area (Å²) in [5.41, 5.74) is 2.14. The lowest BCUT2D eigenvalue weighted by Crippen LogP contribution is -2.22. The van der Waals surface area contributed by atoms with Gasteiger partial charge in [0.25, 0.3) is 5.91 Å². The van der Waals surface area contributed by atoms with Gasteiger partial charge in [0.05, 0.1) is 17.9 Å². The molecule has 3 rings (SSSR count). The van der Waals surface area contributed by atoms with Crippen LogP contribution in [0.3, 0.4) is 0 Å². The monoisotopic (exact) mass is 366 g/mol. The van der Waals surface area contributed by atoms with Crippen LogP contribution in [0.25, 0.3) is 0 Å². The van der Waals surface area contributed by atoms with Gasteiger partial charge in [0.2, 0.25) is 0 Å². The van der Waals surface area contributed by atoms with Gasteiger partial charge in [-0.3, -0.25) is 9.78 Å². The summed E-state index contributed by atoms with van der Waals surface area (Å²) < 4.78 is 24.1. The van der Waals surface area contributed by atoms with Crippen LogP contribution >= 0.6 is 0 Å². The van der Waals surface area contributed by atoms with E-state index in [1.807, 2.05) is 12.1 Å². The lowest BCUT2D eigenvalue weighted by atomic mass is 10.2. The van der Waals surface area contributed by atoms with Crippen LogP contribution in [0, 0.1) is 5.82 Å². The molecular weight excluding hydrogens is 347 g/mol. The Morgan fingerprint density at radius 2 is 1.85 bits per heavy atom. The quantitative estimate of drug-likeness (QED) is 0.684. The number of amides is 1. The van der Waals surface area contributed by atoms with E-state index in [0.717, 1.165) is 11.3 Å². The number of halogens is 1. The number of nitrogens with zero attached hydrogens (tertiary/aromatic N) is 1. The maximum absolute atomic E-state index is 13.6. The lowest BCUT2D eigenvalue weighted by Gasteiger charge is -2.09. The molecule has 138 valence electrons. The minimum Gasteiger partial charge on any atom is -0.454 e. The molecule has 2 aromatic carbocycles. The molecule has 5 nitrogen and oxygen atoms in total. The normalized spacial score (nSPS) is 10.4. The van der Waals surface area contributed by atoms with Crippen molar-refractivity contribution in [3.8, 4) is 11.5 Å². The predicted octanol–water partition coefficient (Wildman–Crippen LogP) is 4.09. The van der Waals surface area contributed by atoms with Crippen LogP contribution in [0.5, 0.6) is 11.5 Å². The zero-order valence-corrected chi connectivity index (χ0v) is 14.8. The first-order valence-corrected chi connectivity index (χ1v) is 8.39. The fourth-order valence-corrected chi connectivity index (χ4v) is 2.41. The third-order valence-corrected chi connectivity index (χ3v) is 3.82. The Kier molecular flexibility index (Phi) is 6.12. The molecule has 3 aromatic rings. The van der Waals surface area contributed by atoms with Gasteiger partial charge >= 0.3 is 0 Å². The van der Waals surface area contributed by atoms with Crippen LogP contribution < -0.4 is 10.1 Å². The van der Waals surface area contributed by atoms with Crippen LogP contribution in [0.2, 0.25) is 0 Å². The number of aromatic nitrogens is 1. The molecule has 0 aliphatic heterocycles. The highest BCUT2D eigenvalue weighted by molar-refractivity contribution is 5.93. The molecular formula is C21H19FN2O3. The Hall–Kier alpha value is -3.25. The zero-order valence-electron chi connectivity index (χ0n) is 14.8. The summed E-state index contributed by atoms with van der Waals surface area (Å²) in [6, 6.07) is 16.8. The topological polar surface area (TPSA) is 60.5 Å². The van der Waals surface area contributed by atoms with Crippen molar-refractivity contribution >= 4 is 5.91 Å². The van der Waals surface area contributed by atoms with E-state index in [0.29, 0.717) is 24.5 Å². The molecule has 0 aliphatic carbocycles. The molecule has 0 spiro atoms. The first kappa shape index (κ1) is 18.5. The summed E-state index contributed by atoms with van der Waals surface area (Å²) in [5, 5.41) is 2.83. The van der Waals surface area contributed by atoms with Gasteiger partial charge in [-0.25, -0.2) is 4.39 Å². The predicted molar refractivity (Wildman–Crippen MR) is 99.0 cm³/mol. The number of methoxy groups -OCH3 is 1. The fourth-order valence-electron chi connectivity index (χ4n) is 2.41. The van der Waals surface area contributed by atoms with E-state index in [1.54, 1.807) is 49.6 Å². The van der Waals surface area contributed by atoms with Crippen molar-refractivity contribution in [1.82, 2.24) is 10.3 Å². The average Bonchev–Trinajstić information content (AvgIpc) is 2.70. The molecule has 27 heavy (non-hydrogen) atoms. The van der Waals surface area contributed by atoms with E-state index >= 15 is 0 Å². The first-order valence-electron chi connectivity index (χ1n) is 8.39. The maximum Gasteiger partial charge on any atom is 0.253 e. The molecule has 0 aliphatic rings. The molecule has 0 bridgehead atoms. The minimum atomic E-state index is -0.418. The van der Waals surface area contributed by atoms with Crippen molar-refractivity contribution in [3.63, 3.8) is 0 Å². The number of para-hydroxylation sites is 1. The van der Waals surface area contributed by atoms with Crippen molar-refractivity contribution < 1.29 is 18.7 Å². The third kappa shape index (κ3) is 5.12. The van der Waals surface area contributed by atoms with Crippen molar-refractivity contribution in [2.45, 2.75) is 13.2 Å². The highest BCUT2D eigenvalue weighted by Gasteiger charge is 2.07. The van der Waals surface area contributed by atoms with Crippen LogP contribution in [0.15, 0.2) is 66.9 Å². The minimum absolute atomic E-state index is 0.169. The number of rotatable bonds is 7. The first-order chi connectivity index (χ1) is 13.2. The molecule has 0 saturated heterocycles. The van der Waals surface area contributed by atoms with E-state index < -0.39 is 5.82 Å². The molecule has 1 heterocycles. The number of ether oxygens (including phenoxy) is 2. The van der Waals surface area contributed by atoms with Gasteiger partial charge in [0.1, 0.15) is 5.75 Å². The highest BCUT2D eigenvalue weighted by Crippen LogP contribution is 2.24. The lowest BCUT2D eigenvalue weighted by molar-refractivity contribution is 0.0950. The number of hydrogen-bond acceptors (Lipinski definition) is 4. The van der Waals surface area contributed by atoms with Gasteiger partial charge in [-0.15, -0.1) is 0 Å². The van der Waals surface area contributed by atoms with Gasteiger partial charge in [-0.2, -0.15) is 0 Å². The molecule has 0 atom stereocenters. The number of benzene rings is 2. The third-order valence-electron chi connectivity index (χ3n) is 3.82. The van der Waals surface area contributed by atoms with E-state index in [1.165, 1.54) is 12.3 Å². The average molecular weight is 366 g/mol. The van der Waals surface area contributed by atoms with Gasteiger partial charge in [-0.1, -0.05) is 24.3 Å². The van der Waals surface area contributed by atoms with E-state index in [-0.39, 0.29) is 11.7 Å². The summed E-state index contributed by atoms with van der Waals surface area (Å²) in [4.78, 5) is 16.4. The van der Waals surface area contributed by atoms with Crippen LogP contribution in [0.1, 0.15) is 21.6 Å². The highest BCUT2D eigenvalue weighted by atomic mass is 19.1.